The molecule has 0 atom stereocenters. The van der Waals surface area contributed by atoms with Crippen molar-refractivity contribution in [2.24, 2.45) is 0 Å². The van der Waals surface area contributed by atoms with Gasteiger partial charge in [0, 0.05) is 24.4 Å². The van der Waals surface area contributed by atoms with E-state index in [0.717, 1.165) is 16.0 Å². The van der Waals surface area contributed by atoms with E-state index in [9.17, 15) is 14.4 Å². The maximum absolute atomic E-state index is 12.1. The molecule has 1 aliphatic heterocycles. The normalized spacial score (nSPS) is 14.1. The largest absolute Gasteiger partial charge is 0.395 e. The lowest BCUT2D eigenvalue weighted by Gasteiger charge is -2.17. The minimum atomic E-state index is -0.481. The van der Waals surface area contributed by atoms with E-state index in [4.69, 9.17) is 5.11 Å². The number of hydrogen-bond acceptors (Lipinski definition) is 5. The second-order valence-electron chi connectivity index (χ2n) is 5.31. The van der Waals surface area contributed by atoms with Gasteiger partial charge in [0.05, 0.1) is 13.2 Å². The molecule has 1 aliphatic rings. The summed E-state index contributed by atoms with van der Waals surface area (Å²) in [5.41, 5.74) is 3.10. The minimum absolute atomic E-state index is 0.0383. The highest BCUT2D eigenvalue weighted by Crippen LogP contribution is 2.29. The first-order valence-electron chi connectivity index (χ1n) is 7.18. The average Bonchev–Trinajstić information content (AvgIpc) is 2.74. The highest BCUT2D eigenvalue weighted by atomic mass is 16.3. The van der Waals surface area contributed by atoms with Gasteiger partial charge in [0.2, 0.25) is 5.91 Å². The number of nitrogens with zero attached hydrogens (tertiary/aromatic N) is 1. The second kappa shape index (κ2) is 6.62. The van der Waals surface area contributed by atoms with Gasteiger partial charge in [-0.3, -0.25) is 19.3 Å². The van der Waals surface area contributed by atoms with Crippen LogP contribution in [0, 0.1) is 13.8 Å². The first-order chi connectivity index (χ1) is 10.8. The van der Waals surface area contributed by atoms with Crippen LogP contribution in [-0.4, -0.2) is 40.9 Å². The van der Waals surface area contributed by atoms with E-state index in [-0.39, 0.29) is 24.8 Å². The van der Waals surface area contributed by atoms with Gasteiger partial charge in [-0.1, -0.05) is 6.07 Å². The molecule has 1 heterocycles. The van der Waals surface area contributed by atoms with E-state index in [1.54, 1.807) is 6.07 Å². The molecule has 0 unspecified atom stereocenters. The number of imide groups is 1. The van der Waals surface area contributed by atoms with Gasteiger partial charge in [-0.15, -0.1) is 0 Å². The van der Waals surface area contributed by atoms with Crippen LogP contribution in [-0.2, 0) is 14.4 Å². The first kappa shape index (κ1) is 16.7. The third kappa shape index (κ3) is 3.40. The number of carbonyl (C=O) groups excluding carboxylic acids is 3. The van der Waals surface area contributed by atoms with Crippen LogP contribution in [0.2, 0.25) is 0 Å². The fourth-order valence-electron chi connectivity index (χ4n) is 2.41. The fraction of sp³-hybridized carbons (Fsp3) is 0.312. The van der Waals surface area contributed by atoms with Crippen molar-refractivity contribution in [2.45, 2.75) is 20.8 Å². The van der Waals surface area contributed by atoms with Gasteiger partial charge >= 0.3 is 0 Å². The van der Waals surface area contributed by atoms with E-state index in [1.807, 2.05) is 19.9 Å². The molecule has 2 rings (SSSR count). The van der Waals surface area contributed by atoms with Crippen LogP contribution in [0.4, 0.5) is 11.4 Å². The van der Waals surface area contributed by atoms with E-state index in [1.165, 1.54) is 13.0 Å². The third-order valence-electron chi connectivity index (χ3n) is 3.58. The lowest BCUT2D eigenvalue weighted by Crippen LogP contribution is -2.34. The maximum atomic E-state index is 12.1. The molecule has 0 fully saturated rings. The molecule has 0 bridgehead atoms. The summed E-state index contributed by atoms with van der Waals surface area (Å²) in [6.07, 6.45) is 1.20. The molecule has 0 spiro atoms. The summed E-state index contributed by atoms with van der Waals surface area (Å²) in [6.45, 7) is 4.79. The SMILES string of the molecule is CC(=O)Nc1c(C)ccc(NC2=CC(=O)N(CCO)C2=O)c1C. The van der Waals surface area contributed by atoms with Crippen molar-refractivity contribution >= 4 is 29.1 Å². The molecule has 3 amide bonds. The van der Waals surface area contributed by atoms with Crippen LogP contribution in [0.15, 0.2) is 23.9 Å². The summed E-state index contributed by atoms with van der Waals surface area (Å²) in [7, 11) is 0. The summed E-state index contributed by atoms with van der Waals surface area (Å²) in [5.74, 6) is -1.13. The van der Waals surface area contributed by atoms with Crippen LogP contribution >= 0.6 is 0 Å². The van der Waals surface area contributed by atoms with Gasteiger partial charge in [-0.05, 0) is 31.0 Å². The van der Waals surface area contributed by atoms with Gasteiger partial charge in [0.1, 0.15) is 5.70 Å². The molecular formula is C16H19N3O4. The summed E-state index contributed by atoms with van der Waals surface area (Å²) in [6, 6.07) is 3.59. The van der Waals surface area contributed by atoms with Gasteiger partial charge in [-0.25, -0.2) is 0 Å². The van der Waals surface area contributed by atoms with Crippen molar-refractivity contribution in [3.8, 4) is 0 Å². The van der Waals surface area contributed by atoms with Gasteiger partial charge in [-0.2, -0.15) is 0 Å². The Hall–Kier alpha value is -2.67. The Morgan fingerprint density at radius 2 is 1.96 bits per heavy atom. The number of amides is 3. The van der Waals surface area contributed by atoms with Gasteiger partial charge in [0.25, 0.3) is 11.8 Å². The molecule has 0 aromatic heterocycles. The van der Waals surface area contributed by atoms with Crippen LogP contribution < -0.4 is 10.6 Å². The molecule has 7 nitrogen and oxygen atoms in total. The molecule has 1 aromatic rings. The van der Waals surface area contributed by atoms with Crippen LogP contribution in [0.25, 0.3) is 0 Å². The monoisotopic (exact) mass is 317 g/mol. The predicted molar refractivity (Wildman–Crippen MR) is 85.7 cm³/mol. The molecule has 23 heavy (non-hydrogen) atoms. The lowest BCUT2D eigenvalue weighted by molar-refractivity contribution is -0.137. The summed E-state index contributed by atoms with van der Waals surface area (Å²) in [4.78, 5) is 36.2. The number of β-amino-alcohol motifs (C(OH)–C–C–N with tert-alkyl or cyclic N) is 1. The summed E-state index contributed by atoms with van der Waals surface area (Å²) >= 11 is 0. The van der Waals surface area contributed by atoms with E-state index >= 15 is 0 Å². The van der Waals surface area contributed by atoms with Gasteiger partial charge in [0.15, 0.2) is 0 Å². The topological polar surface area (TPSA) is 98.7 Å². The Morgan fingerprint density at radius 3 is 2.57 bits per heavy atom. The quantitative estimate of drug-likeness (QED) is 0.701. The van der Waals surface area contributed by atoms with Gasteiger partial charge < -0.3 is 15.7 Å². The number of anilines is 2. The zero-order valence-corrected chi connectivity index (χ0v) is 13.3. The first-order valence-corrected chi connectivity index (χ1v) is 7.18. The van der Waals surface area contributed by atoms with Crippen LogP contribution in [0.1, 0.15) is 18.1 Å². The fourth-order valence-corrected chi connectivity index (χ4v) is 2.41. The average molecular weight is 317 g/mol. The molecule has 0 saturated carbocycles. The molecule has 122 valence electrons. The lowest BCUT2D eigenvalue weighted by atomic mass is 10.1. The molecule has 1 aromatic carbocycles. The Kier molecular flexibility index (Phi) is 4.80. The van der Waals surface area contributed by atoms with Crippen molar-refractivity contribution < 1.29 is 19.5 Å². The van der Waals surface area contributed by atoms with Crippen molar-refractivity contribution in [1.82, 2.24) is 4.90 Å². The minimum Gasteiger partial charge on any atom is -0.395 e. The van der Waals surface area contributed by atoms with Crippen molar-refractivity contribution in [3.05, 3.63) is 35.0 Å². The molecule has 7 heteroatoms. The Balaban J connectivity index is 2.28. The van der Waals surface area contributed by atoms with E-state index < -0.39 is 11.8 Å². The Morgan fingerprint density at radius 1 is 1.26 bits per heavy atom. The van der Waals surface area contributed by atoms with Crippen molar-refractivity contribution in [3.63, 3.8) is 0 Å². The zero-order chi connectivity index (χ0) is 17.1. The molecule has 0 aliphatic carbocycles. The highest BCUT2D eigenvalue weighted by Gasteiger charge is 2.30. The molecular weight excluding hydrogens is 298 g/mol. The standard InChI is InChI=1S/C16H19N3O4/c1-9-4-5-12(10(2)15(9)17-11(3)21)18-13-8-14(22)19(6-7-20)16(13)23/h4-5,8,18,20H,6-7H2,1-3H3,(H,17,21). The molecule has 0 saturated heterocycles. The number of hydrogen-bond donors (Lipinski definition) is 3. The Labute approximate surface area is 134 Å². The number of aliphatic hydroxyl groups excluding tert-OH is 1. The number of aryl methyl sites for hydroxylation is 1. The predicted octanol–water partition coefficient (Wildman–Crippen LogP) is 0.919. The highest BCUT2D eigenvalue weighted by molar-refractivity contribution is 6.17. The number of aliphatic hydroxyl groups is 1. The molecule has 0 radical (unpaired) electrons. The molecule has 3 N–H and O–H groups in total. The number of benzene rings is 1. The third-order valence-corrected chi connectivity index (χ3v) is 3.58. The Bertz CT molecular complexity index is 710. The second-order valence-corrected chi connectivity index (χ2v) is 5.31. The number of nitrogens with one attached hydrogen (secondary N) is 2. The van der Waals surface area contributed by atoms with Crippen LogP contribution in [0.3, 0.4) is 0 Å². The summed E-state index contributed by atoms with van der Waals surface area (Å²) < 4.78 is 0. The summed E-state index contributed by atoms with van der Waals surface area (Å²) in [5, 5.41) is 14.6. The number of carbonyl (C=O) groups is 3. The number of rotatable bonds is 5. The van der Waals surface area contributed by atoms with E-state index in [0.29, 0.717) is 11.4 Å². The van der Waals surface area contributed by atoms with E-state index in [2.05, 4.69) is 10.6 Å². The van der Waals surface area contributed by atoms with Crippen LogP contribution in [0.5, 0.6) is 0 Å². The zero-order valence-electron chi connectivity index (χ0n) is 13.3. The van der Waals surface area contributed by atoms with Crippen molar-refractivity contribution in [2.75, 3.05) is 23.8 Å². The van der Waals surface area contributed by atoms with Crippen molar-refractivity contribution in [1.29, 1.82) is 0 Å². The smallest absolute Gasteiger partial charge is 0.277 e. The maximum Gasteiger partial charge on any atom is 0.277 e.